The molecule has 1 rings (SSSR count). The Hall–Kier alpha value is -2.04. The number of carbonyl (C=O) groups is 2. The summed E-state index contributed by atoms with van der Waals surface area (Å²) in [6.07, 6.45) is 0. The number of aryl methyl sites for hydroxylation is 2. The average Bonchev–Trinajstić information content (AvgIpc) is 2.23. The molecule has 17 heavy (non-hydrogen) atoms. The monoisotopic (exact) mass is 236 g/mol. The Labute approximate surface area is 99.8 Å². The van der Waals surface area contributed by atoms with Crippen molar-refractivity contribution in [2.24, 2.45) is 0 Å². The third-order valence-electron chi connectivity index (χ3n) is 2.48. The van der Waals surface area contributed by atoms with Crippen molar-refractivity contribution < 1.29 is 14.7 Å². The van der Waals surface area contributed by atoms with Gasteiger partial charge in [0.2, 0.25) is 0 Å². The highest BCUT2D eigenvalue weighted by Crippen LogP contribution is 2.13. The molecular formula is C12H16N2O3. The van der Waals surface area contributed by atoms with E-state index < -0.39 is 18.0 Å². The molecule has 0 aliphatic rings. The van der Waals surface area contributed by atoms with Gasteiger partial charge in [-0.05, 0) is 44.0 Å². The van der Waals surface area contributed by atoms with Gasteiger partial charge >= 0.3 is 12.0 Å². The molecule has 0 aromatic heterocycles. The van der Waals surface area contributed by atoms with Crippen molar-refractivity contribution in [1.29, 1.82) is 0 Å². The van der Waals surface area contributed by atoms with Crippen molar-refractivity contribution in [3.05, 3.63) is 29.3 Å². The summed E-state index contributed by atoms with van der Waals surface area (Å²) in [5.74, 6) is -1.07. The quantitative estimate of drug-likeness (QED) is 0.750. The SMILES string of the molecule is Cc1ccc(NC(=O)N[C@H](C)C(=O)O)cc1C. The molecule has 1 atom stereocenters. The van der Waals surface area contributed by atoms with Gasteiger partial charge in [-0.15, -0.1) is 0 Å². The zero-order valence-electron chi connectivity index (χ0n) is 10.1. The minimum absolute atomic E-state index is 0.525. The van der Waals surface area contributed by atoms with Crippen LogP contribution in [0.25, 0.3) is 0 Å². The van der Waals surface area contributed by atoms with Crippen LogP contribution in [-0.4, -0.2) is 23.1 Å². The third-order valence-corrected chi connectivity index (χ3v) is 2.48. The van der Waals surface area contributed by atoms with Crippen LogP contribution >= 0.6 is 0 Å². The highest BCUT2D eigenvalue weighted by Gasteiger charge is 2.13. The van der Waals surface area contributed by atoms with Crippen molar-refractivity contribution in [3.8, 4) is 0 Å². The van der Waals surface area contributed by atoms with Crippen LogP contribution in [0.2, 0.25) is 0 Å². The van der Waals surface area contributed by atoms with Crippen LogP contribution in [0.3, 0.4) is 0 Å². The molecule has 3 N–H and O–H groups in total. The molecule has 1 aromatic carbocycles. The second-order valence-corrected chi connectivity index (χ2v) is 3.96. The van der Waals surface area contributed by atoms with Gasteiger partial charge in [-0.25, -0.2) is 4.79 Å². The van der Waals surface area contributed by atoms with Gasteiger partial charge < -0.3 is 15.7 Å². The smallest absolute Gasteiger partial charge is 0.325 e. The predicted octanol–water partition coefficient (Wildman–Crippen LogP) is 1.90. The molecule has 0 heterocycles. The number of nitrogens with one attached hydrogen (secondary N) is 2. The number of carbonyl (C=O) groups excluding carboxylic acids is 1. The summed E-state index contributed by atoms with van der Waals surface area (Å²) in [5, 5.41) is 13.5. The van der Waals surface area contributed by atoms with Crippen LogP contribution in [0.4, 0.5) is 10.5 Å². The van der Waals surface area contributed by atoms with Crippen molar-refractivity contribution >= 4 is 17.7 Å². The van der Waals surface area contributed by atoms with Crippen LogP contribution in [0, 0.1) is 13.8 Å². The van der Waals surface area contributed by atoms with E-state index in [4.69, 9.17) is 5.11 Å². The highest BCUT2D eigenvalue weighted by molar-refractivity contribution is 5.92. The van der Waals surface area contributed by atoms with E-state index in [1.807, 2.05) is 26.0 Å². The summed E-state index contributed by atoms with van der Waals surface area (Å²) in [6, 6.07) is 4.06. The van der Waals surface area contributed by atoms with Gasteiger partial charge in [-0.3, -0.25) is 4.79 Å². The van der Waals surface area contributed by atoms with Crippen molar-refractivity contribution in [3.63, 3.8) is 0 Å². The van der Waals surface area contributed by atoms with Crippen molar-refractivity contribution in [1.82, 2.24) is 5.32 Å². The first-order valence-electron chi connectivity index (χ1n) is 5.27. The maximum atomic E-state index is 11.4. The fourth-order valence-corrected chi connectivity index (χ4v) is 1.24. The van der Waals surface area contributed by atoms with E-state index in [1.165, 1.54) is 6.92 Å². The van der Waals surface area contributed by atoms with Gasteiger partial charge in [-0.1, -0.05) is 6.07 Å². The lowest BCUT2D eigenvalue weighted by atomic mass is 10.1. The molecule has 5 nitrogen and oxygen atoms in total. The van der Waals surface area contributed by atoms with Gasteiger partial charge in [0, 0.05) is 5.69 Å². The molecule has 0 radical (unpaired) electrons. The molecule has 0 fully saturated rings. The largest absolute Gasteiger partial charge is 0.480 e. The number of rotatable bonds is 3. The number of amides is 2. The van der Waals surface area contributed by atoms with Gasteiger partial charge in [-0.2, -0.15) is 0 Å². The predicted molar refractivity (Wildman–Crippen MR) is 65.2 cm³/mol. The van der Waals surface area contributed by atoms with E-state index in [1.54, 1.807) is 6.07 Å². The Morgan fingerprint density at radius 3 is 2.41 bits per heavy atom. The molecule has 0 aliphatic carbocycles. The number of carboxylic acids is 1. The summed E-state index contributed by atoms with van der Waals surface area (Å²) in [4.78, 5) is 22.0. The van der Waals surface area contributed by atoms with E-state index in [9.17, 15) is 9.59 Å². The van der Waals surface area contributed by atoms with E-state index in [2.05, 4.69) is 10.6 Å². The second kappa shape index (κ2) is 5.34. The summed E-state index contributed by atoms with van der Waals surface area (Å²) in [7, 11) is 0. The third kappa shape index (κ3) is 3.79. The maximum absolute atomic E-state index is 11.4. The molecule has 5 heteroatoms. The molecule has 0 saturated heterocycles. The van der Waals surface area contributed by atoms with Gasteiger partial charge in [0.25, 0.3) is 0 Å². The fraction of sp³-hybridized carbons (Fsp3) is 0.333. The lowest BCUT2D eigenvalue weighted by molar-refractivity contribution is -0.138. The zero-order chi connectivity index (χ0) is 13.0. The molecule has 0 aliphatic heterocycles. The average molecular weight is 236 g/mol. The van der Waals surface area contributed by atoms with Gasteiger partial charge in [0.15, 0.2) is 0 Å². The van der Waals surface area contributed by atoms with Crippen molar-refractivity contribution in [2.45, 2.75) is 26.8 Å². The minimum atomic E-state index is -1.07. The molecule has 2 amide bonds. The van der Waals surface area contributed by atoms with Gasteiger partial charge in [0.05, 0.1) is 0 Å². The lowest BCUT2D eigenvalue weighted by Crippen LogP contribution is -2.40. The molecule has 92 valence electrons. The normalized spacial score (nSPS) is 11.7. The number of anilines is 1. The zero-order valence-corrected chi connectivity index (χ0v) is 10.1. The Bertz CT molecular complexity index is 443. The number of carboxylic acid groups (broad SMARTS) is 1. The first kappa shape index (κ1) is 13.0. The number of urea groups is 1. The number of hydrogen-bond donors (Lipinski definition) is 3. The Balaban J connectivity index is 2.62. The molecular weight excluding hydrogens is 220 g/mol. The van der Waals surface area contributed by atoms with Crippen molar-refractivity contribution in [2.75, 3.05) is 5.32 Å². The Morgan fingerprint density at radius 1 is 1.24 bits per heavy atom. The van der Waals surface area contributed by atoms with Crippen LogP contribution in [0.1, 0.15) is 18.1 Å². The van der Waals surface area contributed by atoms with E-state index in [0.717, 1.165) is 11.1 Å². The first-order valence-corrected chi connectivity index (χ1v) is 5.27. The highest BCUT2D eigenvalue weighted by atomic mass is 16.4. The fourth-order valence-electron chi connectivity index (χ4n) is 1.24. The summed E-state index contributed by atoms with van der Waals surface area (Å²) in [5.41, 5.74) is 2.84. The van der Waals surface area contributed by atoms with Crippen LogP contribution < -0.4 is 10.6 Å². The minimum Gasteiger partial charge on any atom is -0.480 e. The number of benzene rings is 1. The van der Waals surface area contributed by atoms with Crippen LogP contribution in [-0.2, 0) is 4.79 Å². The van der Waals surface area contributed by atoms with E-state index >= 15 is 0 Å². The topological polar surface area (TPSA) is 78.4 Å². The van der Waals surface area contributed by atoms with E-state index in [0.29, 0.717) is 5.69 Å². The maximum Gasteiger partial charge on any atom is 0.325 e. The van der Waals surface area contributed by atoms with Gasteiger partial charge in [0.1, 0.15) is 6.04 Å². The summed E-state index contributed by atoms with van der Waals surface area (Å²) >= 11 is 0. The summed E-state index contributed by atoms with van der Waals surface area (Å²) in [6.45, 7) is 5.33. The Kier molecular flexibility index (Phi) is 4.09. The molecule has 0 saturated carbocycles. The Morgan fingerprint density at radius 2 is 1.88 bits per heavy atom. The molecule has 0 bridgehead atoms. The molecule has 0 spiro atoms. The lowest BCUT2D eigenvalue weighted by Gasteiger charge is -2.11. The number of hydrogen-bond acceptors (Lipinski definition) is 2. The number of aliphatic carboxylic acids is 1. The summed E-state index contributed by atoms with van der Waals surface area (Å²) < 4.78 is 0. The van der Waals surface area contributed by atoms with Crippen LogP contribution in [0.15, 0.2) is 18.2 Å². The molecule has 1 aromatic rings. The molecule has 0 unspecified atom stereocenters. The van der Waals surface area contributed by atoms with E-state index in [-0.39, 0.29) is 0 Å². The van der Waals surface area contributed by atoms with Crippen LogP contribution in [0.5, 0.6) is 0 Å². The standard InChI is InChI=1S/C12H16N2O3/c1-7-4-5-10(6-8(7)2)14-12(17)13-9(3)11(15)16/h4-6,9H,1-3H3,(H,15,16)(H2,13,14,17)/t9-/m1/s1. The first-order chi connectivity index (χ1) is 7.90. The second-order valence-electron chi connectivity index (χ2n) is 3.96.